The van der Waals surface area contributed by atoms with Crippen molar-refractivity contribution in [2.75, 3.05) is 42.6 Å². The van der Waals surface area contributed by atoms with Gasteiger partial charge in [-0.3, -0.25) is 9.59 Å². The Hall–Kier alpha value is -4.40. The van der Waals surface area contributed by atoms with Gasteiger partial charge in [0.15, 0.2) is 23.0 Å². The van der Waals surface area contributed by atoms with Gasteiger partial charge in [0.1, 0.15) is 5.75 Å². The number of nitrogens with one attached hydrogen (secondary N) is 1. The van der Waals surface area contributed by atoms with Crippen molar-refractivity contribution in [3.8, 4) is 28.7 Å². The molecule has 0 saturated heterocycles. The molecule has 0 bridgehead atoms. The third-order valence-electron chi connectivity index (χ3n) is 6.85. The highest BCUT2D eigenvalue weighted by atomic mass is 16.5. The summed E-state index contributed by atoms with van der Waals surface area (Å²) in [7, 11) is 9.39. The molecule has 3 aromatic carbocycles. The molecule has 200 valence electrons. The van der Waals surface area contributed by atoms with Crippen molar-refractivity contribution >= 4 is 11.8 Å². The lowest BCUT2D eigenvalue weighted by molar-refractivity contribution is -0.124. The van der Waals surface area contributed by atoms with Gasteiger partial charge >= 0.3 is 0 Å². The average Bonchev–Trinajstić information content (AvgIpc) is 2.96. The summed E-state index contributed by atoms with van der Waals surface area (Å²) in [6, 6.07) is 15.6. The van der Waals surface area contributed by atoms with Crippen molar-refractivity contribution in [2.45, 2.75) is 18.5 Å². The van der Waals surface area contributed by atoms with E-state index in [4.69, 9.17) is 23.7 Å². The van der Waals surface area contributed by atoms with Crippen molar-refractivity contribution in [3.05, 3.63) is 76.9 Å². The highest BCUT2D eigenvalue weighted by Gasteiger charge is 2.43. The Morgan fingerprint density at radius 2 is 1.39 bits per heavy atom. The van der Waals surface area contributed by atoms with E-state index in [9.17, 15) is 9.59 Å². The SMILES string of the molecule is COc1ccccc1CNC(=O)[C@H]1c2cc(OC)c(OC)cc2C(=O)N(C)[C@H]1c1ccc(OC)c(OC)c1. The maximum atomic E-state index is 14.0. The van der Waals surface area contributed by atoms with Gasteiger partial charge in [-0.25, -0.2) is 0 Å². The summed E-state index contributed by atoms with van der Waals surface area (Å²) in [6.45, 7) is 0.248. The van der Waals surface area contributed by atoms with Crippen molar-refractivity contribution in [2.24, 2.45) is 0 Å². The Labute approximate surface area is 222 Å². The fourth-order valence-corrected chi connectivity index (χ4v) is 4.93. The van der Waals surface area contributed by atoms with Gasteiger partial charge in [0.25, 0.3) is 5.91 Å². The number of amides is 2. The maximum absolute atomic E-state index is 14.0. The van der Waals surface area contributed by atoms with Crippen molar-refractivity contribution < 1.29 is 33.3 Å². The quantitative estimate of drug-likeness (QED) is 0.456. The van der Waals surface area contributed by atoms with E-state index in [1.54, 1.807) is 57.5 Å². The summed E-state index contributed by atoms with van der Waals surface area (Å²) in [6.07, 6.45) is 0. The van der Waals surface area contributed by atoms with Gasteiger partial charge < -0.3 is 33.9 Å². The van der Waals surface area contributed by atoms with Gasteiger partial charge in [-0.15, -0.1) is 0 Å². The Morgan fingerprint density at radius 3 is 2.05 bits per heavy atom. The molecule has 0 unspecified atom stereocenters. The third-order valence-corrected chi connectivity index (χ3v) is 6.85. The number of hydrogen-bond donors (Lipinski definition) is 1. The maximum Gasteiger partial charge on any atom is 0.254 e. The highest BCUT2D eigenvalue weighted by molar-refractivity contribution is 6.02. The van der Waals surface area contributed by atoms with Gasteiger partial charge in [0, 0.05) is 24.7 Å². The van der Waals surface area contributed by atoms with Crippen molar-refractivity contribution in [1.82, 2.24) is 10.2 Å². The third kappa shape index (κ3) is 4.79. The standard InChI is InChI=1S/C29H32N2O7/c1-31-27(17-11-12-22(35-3)23(13-17)36-4)26(28(32)30-16-18-9-7-8-10-21(18)34-2)19-14-24(37-5)25(38-6)15-20(19)29(31)33/h7-15,26-27H,16H2,1-6H3,(H,30,32)/t26-,27-/m0/s1. The first-order chi connectivity index (χ1) is 18.4. The lowest BCUT2D eigenvalue weighted by Crippen LogP contribution is -2.45. The van der Waals surface area contributed by atoms with E-state index in [2.05, 4.69) is 5.32 Å². The predicted octanol–water partition coefficient (Wildman–Crippen LogP) is 3.96. The van der Waals surface area contributed by atoms with Crippen LogP contribution in [0.5, 0.6) is 28.7 Å². The summed E-state index contributed by atoms with van der Waals surface area (Å²) >= 11 is 0. The molecular formula is C29H32N2O7. The molecule has 4 rings (SSSR count). The monoisotopic (exact) mass is 520 g/mol. The molecular weight excluding hydrogens is 488 g/mol. The number of carbonyl (C=O) groups excluding carboxylic acids is 2. The topological polar surface area (TPSA) is 95.6 Å². The van der Waals surface area contributed by atoms with Crippen LogP contribution in [0.2, 0.25) is 0 Å². The number of nitrogens with zero attached hydrogens (tertiary/aromatic N) is 1. The molecule has 2 amide bonds. The molecule has 1 N–H and O–H groups in total. The fourth-order valence-electron chi connectivity index (χ4n) is 4.93. The lowest BCUT2D eigenvalue weighted by atomic mass is 9.79. The molecule has 2 atom stereocenters. The largest absolute Gasteiger partial charge is 0.496 e. The van der Waals surface area contributed by atoms with Crippen LogP contribution in [0.1, 0.15) is 39.0 Å². The molecule has 1 heterocycles. The van der Waals surface area contributed by atoms with Crippen LogP contribution < -0.4 is 29.0 Å². The minimum Gasteiger partial charge on any atom is -0.496 e. The van der Waals surface area contributed by atoms with Crippen LogP contribution in [0.25, 0.3) is 0 Å². The fraction of sp³-hybridized carbons (Fsp3) is 0.310. The van der Waals surface area contributed by atoms with E-state index >= 15 is 0 Å². The first-order valence-corrected chi connectivity index (χ1v) is 12.0. The number of ether oxygens (including phenoxy) is 5. The molecule has 0 aliphatic carbocycles. The van der Waals surface area contributed by atoms with Crippen LogP contribution in [0.15, 0.2) is 54.6 Å². The summed E-state index contributed by atoms with van der Waals surface area (Å²) in [5.74, 6) is 1.29. The van der Waals surface area contributed by atoms with Crippen LogP contribution in [-0.2, 0) is 11.3 Å². The normalized spacial score (nSPS) is 16.4. The van der Waals surface area contributed by atoms with Crippen LogP contribution in [0.3, 0.4) is 0 Å². The Balaban J connectivity index is 1.84. The van der Waals surface area contributed by atoms with Gasteiger partial charge in [0.05, 0.1) is 47.5 Å². The van der Waals surface area contributed by atoms with Gasteiger partial charge in [-0.1, -0.05) is 24.3 Å². The van der Waals surface area contributed by atoms with Crippen LogP contribution >= 0.6 is 0 Å². The number of carbonyl (C=O) groups is 2. The predicted molar refractivity (Wildman–Crippen MR) is 142 cm³/mol. The summed E-state index contributed by atoms with van der Waals surface area (Å²) in [4.78, 5) is 29.2. The molecule has 38 heavy (non-hydrogen) atoms. The molecule has 0 saturated carbocycles. The van der Waals surface area contributed by atoms with Gasteiger partial charge in [-0.05, 0) is 41.5 Å². The van der Waals surface area contributed by atoms with E-state index < -0.39 is 12.0 Å². The van der Waals surface area contributed by atoms with Crippen molar-refractivity contribution in [1.29, 1.82) is 0 Å². The van der Waals surface area contributed by atoms with Gasteiger partial charge in [0.2, 0.25) is 5.91 Å². The molecule has 3 aromatic rings. The Bertz CT molecular complexity index is 1340. The highest BCUT2D eigenvalue weighted by Crippen LogP contribution is 2.46. The number of rotatable bonds is 9. The van der Waals surface area contributed by atoms with E-state index in [1.165, 1.54) is 14.2 Å². The zero-order valence-corrected chi connectivity index (χ0v) is 22.4. The molecule has 1 aliphatic rings. The number of likely N-dealkylation sites (N-methyl/N-ethyl adjacent to an activating group) is 1. The Morgan fingerprint density at radius 1 is 0.789 bits per heavy atom. The first-order valence-electron chi connectivity index (χ1n) is 12.0. The minimum absolute atomic E-state index is 0.241. The summed E-state index contributed by atoms with van der Waals surface area (Å²) in [5, 5.41) is 3.05. The number of methoxy groups -OCH3 is 5. The van der Waals surface area contributed by atoms with Gasteiger partial charge in [-0.2, -0.15) is 0 Å². The van der Waals surface area contributed by atoms with Crippen LogP contribution in [0, 0.1) is 0 Å². The lowest BCUT2D eigenvalue weighted by Gasteiger charge is -2.40. The summed E-state index contributed by atoms with van der Waals surface area (Å²) < 4.78 is 27.3. The molecule has 9 heteroatoms. The smallest absolute Gasteiger partial charge is 0.254 e. The van der Waals surface area contributed by atoms with E-state index in [0.717, 1.165) is 11.1 Å². The van der Waals surface area contributed by atoms with E-state index in [1.807, 2.05) is 30.3 Å². The van der Waals surface area contributed by atoms with E-state index in [0.29, 0.717) is 39.9 Å². The first kappa shape index (κ1) is 26.7. The van der Waals surface area contributed by atoms with Crippen molar-refractivity contribution in [3.63, 3.8) is 0 Å². The number of fused-ring (bicyclic) bond motifs is 1. The van der Waals surface area contributed by atoms with E-state index in [-0.39, 0.29) is 18.4 Å². The number of para-hydroxylation sites is 1. The average molecular weight is 521 g/mol. The second-order valence-corrected chi connectivity index (χ2v) is 8.78. The Kier molecular flexibility index (Phi) is 7.95. The molecule has 0 aromatic heterocycles. The molecule has 0 spiro atoms. The zero-order valence-electron chi connectivity index (χ0n) is 22.4. The minimum atomic E-state index is -0.764. The second-order valence-electron chi connectivity index (χ2n) is 8.78. The van der Waals surface area contributed by atoms with Crippen LogP contribution in [-0.4, -0.2) is 59.3 Å². The summed E-state index contributed by atoms with van der Waals surface area (Å²) in [5.41, 5.74) is 2.47. The molecule has 0 fully saturated rings. The van der Waals surface area contributed by atoms with Crippen LogP contribution in [0.4, 0.5) is 0 Å². The molecule has 1 aliphatic heterocycles. The molecule has 9 nitrogen and oxygen atoms in total. The number of benzene rings is 3. The number of hydrogen-bond acceptors (Lipinski definition) is 7. The molecule has 0 radical (unpaired) electrons. The zero-order chi connectivity index (χ0) is 27.4. The second kappa shape index (κ2) is 11.3.